The highest BCUT2D eigenvalue weighted by Gasteiger charge is 2.11. The molecular formula is C20H33NO3. The van der Waals surface area contributed by atoms with Gasteiger partial charge in [0.2, 0.25) is 0 Å². The number of rotatable bonds is 14. The molecule has 24 heavy (non-hydrogen) atoms. The van der Waals surface area contributed by atoms with Gasteiger partial charge in [-0.15, -0.1) is 0 Å². The molecule has 1 atom stereocenters. The Hall–Kier alpha value is -1.55. The predicted octanol–water partition coefficient (Wildman–Crippen LogP) is 4.55. The first-order valence-electron chi connectivity index (χ1n) is 9.33. The summed E-state index contributed by atoms with van der Waals surface area (Å²) in [6.45, 7) is 2.99. The van der Waals surface area contributed by atoms with E-state index < -0.39 is 12.0 Å². The van der Waals surface area contributed by atoms with E-state index in [9.17, 15) is 4.79 Å². The maximum absolute atomic E-state index is 10.7. The molecule has 0 unspecified atom stereocenters. The Kier molecular flexibility index (Phi) is 10.9. The van der Waals surface area contributed by atoms with Crippen LogP contribution in [0.2, 0.25) is 0 Å². The van der Waals surface area contributed by atoms with Gasteiger partial charge in [-0.25, -0.2) is 0 Å². The zero-order chi connectivity index (χ0) is 17.6. The van der Waals surface area contributed by atoms with Crippen LogP contribution in [0.4, 0.5) is 0 Å². The summed E-state index contributed by atoms with van der Waals surface area (Å²) in [4.78, 5) is 10.7. The molecular weight excluding hydrogens is 302 g/mol. The molecule has 0 aliphatic carbocycles. The van der Waals surface area contributed by atoms with Crippen LogP contribution in [-0.2, 0) is 11.2 Å². The van der Waals surface area contributed by atoms with E-state index in [1.165, 1.54) is 51.4 Å². The van der Waals surface area contributed by atoms with Crippen molar-refractivity contribution >= 4 is 5.97 Å². The normalized spacial score (nSPS) is 12.1. The third-order valence-electron chi connectivity index (χ3n) is 4.21. The Bertz CT molecular complexity index is 445. The summed E-state index contributed by atoms with van der Waals surface area (Å²) in [5, 5.41) is 8.81. The number of benzene rings is 1. The second-order valence-electron chi connectivity index (χ2n) is 6.47. The number of hydrogen-bond acceptors (Lipinski definition) is 3. The van der Waals surface area contributed by atoms with Gasteiger partial charge in [0, 0.05) is 0 Å². The van der Waals surface area contributed by atoms with Gasteiger partial charge in [0.15, 0.2) is 0 Å². The fourth-order valence-corrected chi connectivity index (χ4v) is 2.67. The van der Waals surface area contributed by atoms with Gasteiger partial charge in [-0.05, 0) is 30.5 Å². The summed E-state index contributed by atoms with van der Waals surface area (Å²) in [7, 11) is 0. The van der Waals surface area contributed by atoms with E-state index in [-0.39, 0.29) is 0 Å². The maximum atomic E-state index is 10.7. The standard InChI is InChI=1S/C20H33NO3/c1-2-3-4-5-6-7-8-9-10-15-24-18-13-11-17(12-14-18)16-19(21)20(22)23/h11-14,19H,2-10,15-16,21H2,1H3,(H,22,23)/t19-/m0/s1. The molecule has 0 aromatic heterocycles. The zero-order valence-corrected chi connectivity index (χ0v) is 15.0. The largest absolute Gasteiger partial charge is 0.494 e. The number of hydrogen-bond donors (Lipinski definition) is 2. The number of ether oxygens (including phenoxy) is 1. The number of unbranched alkanes of at least 4 members (excludes halogenated alkanes) is 8. The number of aliphatic carboxylic acids is 1. The molecule has 0 amide bonds. The highest BCUT2D eigenvalue weighted by molar-refractivity contribution is 5.73. The van der Waals surface area contributed by atoms with Crippen molar-refractivity contribution in [1.82, 2.24) is 0 Å². The lowest BCUT2D eigenvalue weighted by Crippen LogP contribution is -2.32. The predicted molar refractivity (Wildman–Crippen MR) is 98.5 cm³/mol. The number of nitrogens with two attached hydrogens (primary N) is 1. The zero-order valence-electron chi connectivity index (χ0n) is 15.0. The molecule has 1 aromatic rings. The van der Waals surface area contributed by atoms with Crippen molar-refractivity contribution in [2.75, 3.05) is 6.61 Å². The van der Waals surface area contributed by atoms with Crippen molar-refractivity contribution in [3.8, 4) is 5.75 Å². The summed E-state index contributed by atoms with van der Waals surface area (Å²) in [6.07, 6.45) is 12.1. The van der Waals surface area contributed by atoms with Crippen LogP contribution < -0.4 is 10.5 Å². The molecule has 0 fully saturated rings. The van der Waals surface area contributed by atoms with Gasteiger partial charge >= 0.3 is 5.97 Å². The van der Waals surface area contributed by atoms with Crippen molar-refractivity contribution in [1.29, 1.82) is 0 Å². The fraction of sp³-hybridized carbons (Fsp3) is 0.650. The van der Waals surface area contributed by atoms with Gasteiger partial charge < -0.3 is 15.6 Å². The van der Waals surface area contributed by atoms with Crippen LogP contribution in [0, 0.1) is 0 Å². The molecule has 1 aromatic carbocycles. The Labute approximate surface area is 146 Å². The van der Waals surface area contributed by atoms with Crippen LogP contribution in [0.1, 0.15) is 70.3 Å². The van der Waals surface area contributed by atoms with Crippen molar-refractivity contribution in [3.05, 3.63) is 29.8 Å². The Morgan fingerprint density at radius 2 is 1.54 bits per heavy atom. The fourth-order valence-electron chi connectivity index (χ4n) is 2.67. The lowest BCUT2D eigenvalue weighted by atomic mass is 10.1. The quantitative estimate of drug-likeness (QED) is 0.489. The van der Waals surface area contributed by atoms with E-state index in [0.29, 0.717) is 6.42 Å². The first kappa shape index (κ1) is 20.5. The molecule has 4 heteroatoms. The van der Waals surface area contributed by atoms with Gasteiger partial charge in [-0.1, -0.05) is 70.4 Å². The average molecular weight is 335 g/mol. The minimum absolute atomic E-state index is 0.341. The molecule has 3 N–H and O–H groups in total. The van der Waals surface area contributed by atoms with E-state index >= 15 is 0 Å². The minimum atomic E-state index is -0.972. The second kappa shape index (κ2) is 12.8. The van der Waals surface area contributed by atoms with Crippen LogP contribution >= 0.6 is 0 Å². The van der Waals surface area contributed by atoms with Crippen LogP contribution in [0.5, 0.6) is 5.75 Å². The Morgan fingerprint density at radius 3 is 2.08 bits per heavy atom. The number of carboxylic acid groups (broad SMARTS) is 1. The van der Waals surface area contributed by atoms with Gasteiger partial charge in [0.1, 0.15) is 11.8 Å². The molecule has 0 heterocycles. The van der Waals surface area contributed by atoms with Gasteiger partial charge in [-0.2, -0.15) is 0 Å². The van der Waals surface area contributed by atoms with E-state index in [4.69, 9.17) is 15.6 Å². The topological polar surface area (TPSA) is 72.5 Å². The van der Waals surface area contributed by atoms with E-state index in [1.54, 1.807) is 0 Å². The molecule has 0 radical (unpaired) electrons. The van der Waals surface area contributed by atoms with Gasteiger partial charge in [0.05, 0.1) is 6.61 Å². The first-order chi connectivity index (χ1) is 11.6. The number of carbonyl (C=O) groups is 1. The highest BCUT2D eigenvalue weighted by atomic mass is 16.5. The number of carboxylic acids is 1. The molecule has 4 nitrogen and oxygen atoms in total. The van der Waals surface area contributed by atoms with E-state index in [2.05, 4.69) is 6.92 Å². The molecule has 0 saturated carbocycles. The van der Waals surface area contributed by atoms with Gasteiger partial charge in [0.25, 0.3) is 0 Å². The van der Waals surface area contributed by atoms with Crippen molar-refractivity contribution in [3.63, 3.8) is 0 Å². The Morgan fingerprint density at radius 1 is 1.00 bits per heavy atom. The average Bonchev–Trinajstić information content (AvgIpc) is 2.58. The molecule has 0 bridgehead atoms. The molecule has 0 aliphatic heterocycles. The molecule has 1 rings (SSSR count). The SMILES string of the molecule is CCCCCCCCCCCOc1ccc(C[C@H](N)C(=O)O)cc1. The molecule has 0 saturated heterocycles. The summed E-state index contributed by atoms with van der Waals surface area (Å²) >= 11 is 0. The molecule has 0 aliphatic rings. The Balaban J connectivity index is 2.06. The summed E-state index contributed by atoms with van der Waals surface area (Å²) in [6, 6.07) is 6.69. The first-order valence-corrected chi connectivity index (χ1v) is 9.33. The lowest BCUT2D eigenvalue weighted by Gasteiger charge is -2.09. The minimum Gasteiger partial charge on any atom is -0.494 e. The van der Waals surface area contributed by atoms with Gasteiger partial charge in [-0.3, -0.25) is 4.79 Å². The lowest BCUT2D eigenvalue weighted by molar-refractivity contribution is -0.138. The van der Waals surface area contributed by atoms with Crippen molar-refractivity contribution in [2.24, 2.45) is 5.73 Å². The van der Waals surface area contributed by atoms with Crippen LogP contribution in [0.15, 0.2) is 24.3 Å². The summed E-state index contributed by atoms with van der Waals surface area (Å²) in [5.41, 5.74) is 6.44. The maximum Gasteiger partial charge on any atom is 0.320 e. The summed E-state index contributed by atoms with van der Waals surface area (Å²) in [5.74, 6) is -0.136. The summed E-state index contributed by atoms with van der Waals surface area (Å²) < 4.78 is 5.73. The van der Waals surface area contributed by atoms with Crippen LogP contribution in [0.3, 0.4) is 0 Å². The molecule has 0 spiro atoms. The van der Waals surface area contributed by atoms with Crippen molar-refractivity contribution in [2.45, 2.75) is 77.2 Å². The highest BCUT2D eigenvalue weighted by Crippen LogP contribution is 2.14. The van der Waals surface area contributed by atoms with E-state index in [1.807, 2.05) is 24.3 Å². The van der Waals surface area contributed by atoms with E-state index in [0.717, 1.165) is 24.3 Å². The second-order valence-corrected chi connectivity index (χ2v) is 6.47. The third kappa shape index (κ3) is 9.56. The van der Waals surface area contributed by atoms with Crippen molar-refractivity contribution < 1.29 is 14.6 Å². The monoisotopic (exact) mass is 335 g/mol. The van der Waals surface area contributed by atoms with Crippen LogP contribution in [-0.4, -0.2) is 23.7 Å². The molecule has 136 valence electrons. The smallest absolute Gasteiger partial charge is 0.320 e. The van der Waals surface area contributed by atoms with Crippen LogP contribution in [0.25, 0.3) is 0 Å². The third-order valence-corrected chi connectivity index (χ3v) is 4.21.